The van der Waals surface area contributed by atoms with Crippen LogP contribution in [0.1, 0.15) is 13.8 Å². The van der Waals surface area contributed by atoms with Gasteiger partial charge in [-0.05, 0) is 0 Å². The molecule has 0 fully saturated rings. The van der Waals surface area contributed by atoms with Gasteiger partial charge in [-0.2, -0.15) is 0 Å². The Morgan fingerprint density at radius 2 is 1.38 bits per heavy atom. The first-order chi connectivity index (χ1) is 6.33. The molecule has 4 nitrogen and oxygen atoms in total. The maximum absolute atomic E-state index is 7.61. The molecule has 0 aromatic heterocycles. The average Bonchev–Trinajstić information content (AvgIpc) is 2.17. The molecule has 0 saturated carbocycles. The summed E-state index contributed by atoms with van der Waals surface area (Å²) in [6.45, 7) is 4.35. The molecular weight excluding hydrogens is 228 g/mol. The van der Waals surface area contributed by atoms with Crippen molar-refractivity contribution in [2.24, 2.45) is 0 Å². The Balaban J connectivity index is 0. The van der Waals surface area contributed by atoms with Crippen LogP contribution in [0.3, 0.4) is 0 Å². The highest BCUT2D eigenvalue weighted by molar-refractivity contribution is 8.76. The lowest BCUT2D eigenvalue weighted by molar-refractivity contribution is 0.485. The average molecular weight is 238 g/mol. The minimum atomic E-state index is 0.331. The molecular formula is C6H10N2O2S3. The van der Waals surface area contributed by atoms with Gasteiger partial charge in [0.1, 0.15) is 0 Å². The summed E-state index contributed by atoms with van der Waals surface area (Å²) < 4.78 is 7.70. The summed E-state index contributed by atoms with van der Waals surface area (Å²) in [5, 5.41) is 15.2. The summed E-state index contributed by atoms with van der Waals surface area (Å²) in [5.74, 6) is 2.47. The van der Waals surface area contributed by atoms with Crippen molar-refractivity contribution in [2.75, 3.05) is 11.5 Å². The number of rotatable bonds is 5. The van der Waals surface area contributed by atoms with E-state index in [2.05, 4.69) is 22.2 Å². The third-order valence-corrected chi connectivity index (χ3v) is 3.30. The van der Waals surface area contributed by atoms with Gasteiger partial charge in [-0.25, -0.2) is 0 Å². The van der Waals surface area contributed by atoms with Gasteiger partial charge in [0.15, 0.2) is 0 Å². The molecule has 0 amide bonds. The summed E-state index contributed by atoms with van der Waals surface area (Å²) in [4.78, 5) is 0. The molecule has 0 aromatic rings. The van der Waals surface area contributed by atoms with Gasteiger partial charge in [0.05, 0.1) is 0 Å². The van der Waals surface area contributed by atoms with Crippen LogP contribution < -0.4 is 0 Å². The standard InChI is InChI=1S/C4H10S2.C2N2O2S/c1-3-5-6-4-2;3-1-5-7-6-2-4/h3-4H2,1-2H3;. The maximum Gasteiger partial charge on any atom is 0.316 e. The summed E-state index contributed by atoms with van der Waals surface area (Å²) >= 11 is 0.331. The van der Waals surface area contributed by atoms with Crippen LogP contribution in [0.5, 0.6) is 0 Å². The van der Waals surface area contributed by atoms with E-state index in [1.807, 2.05) is 21.6 Å². The normalized spacial score (nSPS) is 7.08. The van der Waals surface area contributed by atoms with Crippen molar-refractivity contribution < 1.29 is 8.37 Å². The second kappa shape index (κ2) is 17.6. The minimum absolute atomic E-state index is 0.331. The van der Waals surface area contributed by atoms with E-state index in [9.17, 15) is 0 Å². The van der Waals surface area contributed by atoms with Gasteiger partial charge in [-0.1, -0.05) is 35.4 Å². The SMILES string of the molecule is CCSSCC.N#COSOC#N. The molecule has 7 heteroatoms. The van der Waals surface area contributed by atoms with E-state index in [0.29, 0.717) is 12.3 Å². The fourth-order valence-corrected chi connectivity index (χ4v) is 1.64. The largest absolute Gasteiger partial charge is 0.316 e. The van der Waals surface area contributed by atoms with Crippen LogP contribution in [-0.4, -0.2) is 11.5 Å². The van der Waals surface area contributed by atoms with Gasteiger partial charge < -0.3 is 8.37 Å². The van der Waals surface area contributed by atoms with Crippen LogP contribution in [0.4, 0.5) is 0 Å². The molecule has 13 heavy (non-hydrogen) atoms. The molecule has 0 aliphatic heterocycles. The fourth-order valence-electron chi connectivity index (χ4n) is 0.214. The third kappa shape index (κ3) is 24.5. The van der Waals surface area contributed by atoms with E-state index in [1.165, 1.54) is 24.0 Å². The quantitative estimate of drug-likeness (QED) is 0.316. The molecule has 0 aliphatic rings. The zero-order valence-corrected chi connectivity index (χ0v) is 9.80. The van der Waals surface area contributed by atoms with Crippen molar-refractivity contribution in [2.45, 2.75) is 13.8 Å². The van der Waals surface area contributed by atoms with E-state index in [4.69, 9.17) is 10.5 Å². The molecule has 0 aliphatic carbocycles. The first kappa shape index (κ1) is 15.1. The highest BCUT2D eigenvalue weighted by Gasteiger charge is 1.80. The summed E-state index contributed by atoms with van der Waals surface area (Å²) in [6.07, 6.45) is 2.58. The van der Waals surface area contributed by atoms with Crippen molar-refractivity contribution in [1.82, 2.24) is 0 Å². The van der Waals surface area contributed by atoms with Crippen molar-refractivity contribution >= 4 is 33.9 Å². The Morgan fingerprint density at radius 1 is 1.00 bits per heavy atom. The lowest BCUT2D eigenvalue weighted by Gasteiger charge is -1.86. The molecule has 0 heterocycles. The zero-order chi connectivity index (χ0) is 10.4. The van der Waals surface area contributed by atoms with Crippen LogP contribution in [0.2, 0.25) is 0 Å². The van der Waals surface area contributed by atoms with E-state index in [0.717, 1.165) is 0 Å². The van der Waals surface area contributed by atoms with E-state index in [1.54, 1.807) is 0 Å². The van der Waals surface area contributed by atoms with E-state index < -0.39 is 0 Å². The molecule has 0 spiro atoms. The molecule has 0 saturated heterocycles. The number of nitriles is 2. The van der Waals surface area contributed by atoms with Crippen molar-refractivity contribution in [1.29, 1.82) is 10.5 Å². The molecule has 0 aromatic carbocycles. The lowest BCUT2D eigenvalue weighted by Crippen LogP contribution is -1.64. The highest BCUT2D eigenvalue weighted by Crippen LogP contribution is 2.18. The van der Waals surface area contributed by atoms with E-state index >= 15 is 0 Å². The Bertz CT molecular complexity index is 148. The highest BCUT2D eigenvalue weighted by atomic mass is 33.1. The second-order valence-corrected chi connectivity index (χ2v) is 4.74. The first-order valence-corrected chi connectivity index (χ1v) is 6.50. The number of nitrogens with zero attached hydrogens (tertiary/aromatic N) is 2. The molecule has 0 N–H and O–H groups in total. The molecule has 0 bridgehead atoms. The van der Waals surface area contributed by atoms with Gasteiger partial charge in [-0.15, -0.1) is 10.5 Å². The van der Waals surface area contributed by atoms with Crippen LogP contribution in [-0.2, 0) is 8.37 Å². The second-order valence-electron chi connectivity index (χ2n) is 1.23. The summed E-state index contributed by atoms with van der Waals surface area (Å²) in [5.41, 5.74) is 0. The van der Waals surface area contributed by atoms with Gasteiger partial charge in [-0.3, -0.25) is 0 Å². The third-order valence-electron chi connectivity index (χ3n) is 0.462. The van der Waals surface area contributed by atoms with Crippen LogP contribution in [0, 0.1) is 23.0 Å². The first-order valence-electron chi connectivity index (χ1n) is 3.35. The number of hydrogen-bond donors (Lipinski definition) is 0. The molecule has 0 unspecified atom stereocenters. The summed E-state index contributed by atoms with van der Waals surface area (Å²) in [6, 6.07) is 0. The Hall–Kier alpha value is -0.370. The predicted octanol–water partition coefficient (Wildman–Crippen LogP) is 2.95. The van der Waals surface area contributed by atoms with Crippen LogP contribution in [0.25, 0.3) is 0 Å². The van der Waals surface area contributed by atoms with Gasteiger partial charge in [0.2, 0.25) is 0 Å². The van der Waals surface area contributed by atoms with Crippen molar-refractivity contribution in [3.63, 3.8) is 0 Å². The Morgan fingerprint density at radius 3 is 1.62 bits per heavy atom. The molecule has 0 radical (unpaired) electrons. The Labute approximate surface area is 90.8 Å². The smallest absolute Gasteiger partial charge is 0.311 e. The van der Waals surface area contributed by atoms with Gasteiger partial charge >= 0.3 is 24.8 Å². The number of hydrogen-bond acceptors (Lipinski definition) is 7. The Kier molecular flexibility index (Phi) is 20.5. The van der Waals surface area contributed by atoms with Crippen molar-refractivity contribution in [3.05, 3.63) is 0 Å². The van der Waals surface area contributed by atoms with Crippen LogP contribution in [0.15, 0.2) is 0 Å². The predicted molar refractivity (Wildman–Crippen MR) is 57.3 cm³/mol. The van der Waals surface area contributed by atoms with Gasteiger partial charge in [0.25, 0.3) is 0 Å². The molecule has 0 rings (SSSR count). The monoisotopic (exact) mass is 238 g/mol. The summed E-state index contributed by atoms with van der Waals surface area (Å²) in [7, 11) is 3.85. The van der Waals surface area contributed by atoms with Crippen molar-refractivity contribution in [3.8, 4) is 12.5 Å². The minimum Gasteiger partial charge on any atom is -0.311 e. The van der Waals surface area contributed by atoms with E-state index in [-0.39, 0.29) is 0 Å². The fraction of sp³-hybridized carbons (Fsp3) is 0.667. The lowest BCUT2D eigenvalue weighted by atomic mass is 11.0. The maximum atomic E-state index is 7.61. The van der Waals surface area contributed by atoms with Gasteiger partial charge in [0, 0.05) is 11.5 Å². The topological polar surface area (TPSA) is 66.0 Å². The molecule has 74 valence electrons. The zero-order valence-electron chi connectivity index (χ0n) is 7.35. The van der Waals surface area contributed by atoms with Crippen LogP contribution >= 0.6 is 33.9 Å². The molecule has 0 atom stereocenters.